The molecule has 1 aromatic heterocycles. The minimum atomic E-state index is -4.53. The van der Waals surface area contributed by atoms with E-state index in [0.717, 1.165) is 17.8 Å². The molecule has 96 valence electrons. The van der Waals surface area contributed by atoms with Gasteiger partial charge in [-0.25, -0.2) is 4.98 Å². The van der Waals surface area contributed by atoms with Crippen LogP contribution < -0.4 is 0 Å². The maximum Gasteiger partial charge on any atom is 0.419 e. The van der Waals surface area contributed by atoms with Crippen molar-refractivity contribution in [2.45, 2.75) is 13.1 Å². The van der Waals surface area contributed by atoms with Gasteiger partial charge < -0.3 is 0 Å². The van der Waals surface area contributed by atoms with Gasteiger partial charge in [0, 0.05) is 18.7 Å². The molecule has 0 fully saturated rings. The number of nitrogens with zero attached hydrogens (tertiary/aromatic N) is 1. The maximum absolute atomic E-state index is 12.6. The van der Waals surface area contributed by atoms with Crippen LogP contribution in [0.25, 0.3) is 0 Å². The summed E-state index contributed by atoms with van der Waals surface area (Å²) in [6, 6.07) is 1.05. The van der Waals surface area contributed by atoms with E-state index >= 15 is 0 Å². The molecule has 18 heavy (non-hydrogen) atoms. The van der Waals surface area contributed by atoms with Crippen molar-refractivity contribution in [3.05, 3.63) is 28.5 Å². The smallest absolute Gasteiger partial charge is 0.288 e. The maximum atomic E-state index is 12.6. The van der Waals surface area contributed by atoms with E-state index in [4.69, 9.17) is 11.6 Å². The van der Waals surface area contributed by atoms with Gasteiger partial charge in [0.25, 0.3) is 0 Å². The highest BCUT2D eigenvalue weighted by Crippen LogP contribution is 2.31. The zero-order chi connectivity index (χ0) is 13.8. The number of alkyl halides is 3. The fourth-order valence-corrected chi connectivity index (χ4v) is 1.53. The SMILES string of the molecule is CC(=O)SCC#Cc1cc(Cl)ncc1C(F)(F)F. The van der Waals surface area contributed by atoms with Gasteiger partial charge in [-0.15, -0.1) is 0 Å². The average molecular weight is 294 g/mol. The number of rotatable bonds is 1. The summed E-state index contributed by atoms with van der Waals surface area (Å²) in [6.07, 6.45) is -3.89. The molecule has 1 rings (SSSR count). The van der Waals surface area contributed by atoms with Gasteiger partial charge in [-0.3, -0.25) is 4.79 Å². The summed E-state index contributed by atoms with van der Waals surface area (Å²) in [4.78, 5) is 14.0. The van der Waals surface area contributed by atoms with Gasteiger partial charge in [0.15, 0.2) is 5.12 Å². The van der Waals surface area contributed by atoms with Crippen LogP contribution in [-0.2, 0) is 11.0 Å². The van der Waals surface area contributed by atoms with E-state index in [9.17, 15) is 18.0 Å². The summed E-state index contributed by atoms with van der Waals surface area (Å²) in [5.41, 5.74) is -1.18. The van der Waals surface area contributed by atoms with Crippen molar-refractivity contribution >= 4 is 28.5 Å². The van der Waals surface area contributed by atoms with Crippen molar-refractivity contribution in [3.63, 3.8) is 0 Å². The summed E-state index contributed by atoms with van der Waals surface area (Å²) in [5.74, 6) is 4.96. The first-order valence-corrected chi connectivity index (χ1v) is 6.02. The van der Waals surface area contributed by atoms with E-state index in [2.05, 4.69) is 16.8 Å². The number of hydrogen-bond donors (Lipinski definition) is 0. The highest BCUT2D eigenvalue weighted by atomic mass is 35.5. The summed E-state index contributed by atoms with van der Waals surface area (Å²) in [6.45, 7) is 1.36. The Morgan fingerprint density at radius 2 is 2.22 bits per heavy atom. The Kier molecular flexibility index (Phi) is 5.05. The van der Waals surface area contributed by atoms with Crippen LogP contribution in [-0.4, -0.2) is 15.9 Å². The van der Waals surface area contributed by atoms with Crippen molar-refractivity contribution in [2.75, 3.05) is 5.75 Å². The lowest BCUT2D eigenvalue weighted by Gasteiger charge is -2.08. The molecule has 0 N–H and O–H groups in total. The van der Waals surface area contributed by atoms with Crippen LogP contribution in [0, 0.1) is 11.8 Å². The Balaban J connectivity index is 2.99. The first-order valence-electron chi connectivity index (χ1n) is 4.65. The molecule has 0 atom stereocenters. The topological polar surface area (TPSA) is 30.0 Å². The molecule has 0 aliphatic rings. The number of hydrogen-bond acceptors (Lipinski definition) is 3. The number of aromatic nitrogens is 1. The molecule has 0 unspecified atom stereocenters. The molecule has 0 saturated carbocycles. The fourth-order valence-electron chi connectivity index (χ4n) is 1.03. The highest BCUT2D eigenvalue weighted by Gasteiger charge is 2.33. The number of pyridine rings is 1. The van der Waals surface area contributed by atoms with Crippen LogP contribution in [0.15, 0.2) is 12.3 Å². The number of carbonyl (C=O) groups is 1. The molecule has 0 aromatic carbocycles. The van der Waals surface area contributed by atoms with Crippen molar-refractivity contribution in [2.24, 2.45) is 0 Å². The Bertz CT molecular complexity index is 519. The minimum absolute atomic E-state index is 0.0634. The molecule has 1 aromatic rings. The second-order valence-corrected chi connectivity index (χ2v) is 4.67. The summed E-state index contributed by atoms with van der Waals surface area (Å²) >= 11 is 6.45. The van der Waals surface area contributed by atoms with Crippen molar-refractivity contribution in [1.82, 2.24) is 4.98 Å². The van der Waals surface area contributed by atoms with Gasteiger partial charge in [-0.05, 0) is 6.07 Å². The molecule has 2 nitrogen and oxygen atoms in total. The Labute approximate surface area is 111 Å². The zero-order valence-corrected chi connectivity index (χ0v) is 10.7. The molecule has 0 radical (unpaired) electrons. The largest absolute Gasteiger partial charge is 0.419 e. The summed E-state index contributed by atoms with van der Waals surface area (Å²) < 4.78 is 37.8. The van der Waals surface area contributed by atoms with E-state index in [0.29, 0.717) is 6.20 Å². The molecule has 0 aliphatic heterocycles. The normalized spacial score (nSPS) is 10.7. The van der Waals surface area contributed by atoms with Crippen LogP contribution in [0.5, 0.6) is 0 Å². The van der Waals surface area contributed by atoms with Gasteiger partial charge in [0.05, 0.1) is 11.3 Å². The first-order chi connectivity index (χ1) is 8.30. The molecule has 1 heterocycles. The third kappa shape index (κ3) is 4.59. The number of halogens is 4. The summed E-state index contributed by atoms with van der Waals surface area (Å²) in [5, 5.41) is -0.209. The van der Waals surface area contributed by atoms with Crippen molar-refractivity contribution in [1.29, 1.82) is 0 Å². The molecule has 7 heteroatoms. The van der Waals surface area contributed by atoms with Gasteiger partial charge in [-0.2, -0.15) is 13.2 Å². The van der Waals surface area contributed by atoms with Gasteiger partial charge in [0.2, 0.25) is 0 Å². The Morgan fingerprint density at radius 1 is 1.56 bits per heavy atom. The third-order valence-electron chi connectivity index (χ3n) is 1.75. The van der Waals surface area contributed by atoms with Crippen LogP contribution >= 0.6 is 23.4 Å². The van der Waals surface area contributed by atoms with Crippen LogP contribution in [0.2, 0.25) is 5.15 Å². The number of carbonyl (C=O) groups excluding carboxylic acids is 1. The third-order valence-corrected chi connectivity index (χ3v) is 2.65. The predicted molar refractivity (Wildman–Crippen MR) is 64.3 cm³/mol. The van der Waals surface area contributed by atoms with E-state index in [1.54, 1.807) is 0 Å². The van der Waals surface area contributed by atoms with E-state index in [1.165, 1.54) is 6.92 Å². The van der Waals surface area contributed by atoms with Gasteiger partial charge in [-0.1, -0.05) is 35.2 Å². The van der Waals surface area contributed by atoms with Crippen LogP contribution in [0.4, 0.5) is 13.2 Å². The van der Waals surface area contributed by atoms with Gasteiger partial charge in [0.1, 0.15) is 5.15 Å². The average Bonchev–Trinajstić information content (AvgIpc) is 2.22. The number of thioether (sulfide) groups is 1. The Morgan fingerprint density at radius 3 is 2.78 bits per heavy atom. The molecular formula is C11H7ClF3NOS. The molecule has 0 spiro atoms. The molecule has 0 bridgehead atoms. The van der Waals surface area contributed by atoms with E-state index in [1.807, 2.05) is 0 Å². The lowest BCUT2D eigenvalue weighted by Crippen LogP contribution is -2.08. The monoisotopic (exact) mass is 293 g/mol. The van der Waals surface area contributed by atoms with Crippen molar-refractivity contribution < 1.29 is 18.0 Å². The predicted octanol–water partition coefficient (Wildman–Crippen LogP) is 3.39. The van der Waals surface area contributed by atoms with Crippen LogP contribution in [0.3, 0.4) is 0 Å². The first kappa shape index (κ1) is 14.9. The fraction of sp³-hybridized carbons (Fsp3) is 0.273. The quantitative estimate of drug-likeness (QED) is 0.587. The molecule has 0 amide bonds. The standard InChI is InChI=1S/C11H7ClF3NOS/c1-7(17)18-4-2-3-8-5-10(12)16-6-9(8)11(13,14)15/h5-6H,4H2,1H3. The second kappa shape index (κ2) is 6.12. The second-order valence-electron chi connectivity index (χ2n) is 3.13. The zero-order valence-electron chi connectivity index (χ0n) is 9.14. The van der Waals surface area contributed by atoms with E-state index < -0.39 is 11.7 Å². The molecular weight excluding hydrogens is 287 g/mol. The van der Waals surface area contributed by atoms with Crippen LogP contribution in [0.1, 0.15) is 18.1 Å². The lowest BCUT2D eigenvalue weighted by molar-refractivity contribution is -0.138. The minimum Gasteiger partial charge on any atom is -0.288 e. The van der Waals surface area contributed by atoms with Gasteiger partial charge >= 0.3 is 6.18 Å². The lowest BCUT2D eigenvalue weighted by atomic mass is 10.1. The molecule has 0 aliphatic carbocycles. The van der Waals surface area contributed by atoms with E-state index in [-0.39, 0.29) is 21.6 Å². The summed E-state index contributed by atoms with van der Waals surface area (Å²) in [7, 11) is 0. The van der Waals surface area contributed by atoms with Crippen molar-refractivity contribution in [3.8, 4) is 11.8 Å². The highest BCUT2D eigenvalue weighted by molar-refractivity contribution is 8.13. The molecule has 0 saturated heterocycles. The Hall–Kier alpha value is -1.19.